The number of phosphoric ester groups is 1. The summed E-state index contributed by atoms with van der Waals surface area (Å²) in [6.45, 7) is 6.95. The van der Waals surface area contributed by atoms with E-state index in [4.69, 9.17) is 13.8 Å². The molecule has 2 N–H and O–H groups in total. The highest BCUT2D eigenvalue weighted by molar-refractivity contribution is 7.47. The third kappa shape index (κ3) is 56.0. The molecule has 0 bridgehead atoms. The molecule has 9 nitrogen and oxygen atoms in total. The molecule has 0 aromatic heterocycles. The number of quaternary nitrogens is 1. The van der Waals surface area contributed by atoms with Crippen LogP contribution in [0.2, 0.25) is 0 Å². The normalized spacial score (nSPS) is 14.2. The van der Waals surface area contributed by atoms with Crippen molar-refractivity contribution in [3.8, 4) is 0 Å². The lowest BCUT2D eigenvalue weighted by atomic mass is 10.0. The van der Waals surface area contributed by atoms with Gasteiger partial charge in [0.15, 0.2) is 0 Å². The maximum atomic E-state index is 13.5. The highest BCUT2D eigenvalue weighted by atomic mass is 31.2. The number of hydrogen-bond donors (Lipinski definition) is 2. The standard InChI is InChI=1S/C65H119N2O7P/c1-7-10-13-16-19-22-25-28-30-32-33-35-37-40-43-46-49-52-55-58-65(69)74-63(56-53-50-47-44-41-38-27-24-21-18-15-12-9-3)62(61-73-75(70,71)72-60-59-67(4,5)6)66-64(68)57-54-51-48-45-42-39-36-34-31-29-26-23-20-17-14-11-8-2/h19-20,22-23,28-31,36,39,53,56,62-63H,7-18,21,24-27,32-35,37-38,40-52,54-55,57-61H2,1-6H3,(H-,66,68,70,71)/p+1/b22-19-,23-20-,30-28-,31-29-,39-36-,56-53+. The number of likely N-dealkylation sites (N-methyl/N-ethyl adjacent to an activating group) is 1. The van der Waals surface area contributed by atoms with Gasteiger partial charge in [-0.2, -0.15) is 0 Å². The molecule has 0 fully saturated rings. The van der Waals surface area contributed by atoms with Crippen molar-refractivity contribution in [1.82, 2.24) is 5.32 Å². The van der Waals surface area contributed by atoms with Crippen LogP contribution < -0.4 is 5.32 Å². The number of rotatable bonds is 56. The van der Waals surface area contributed by atoms with Gasteiger partial charge < -0.3 is 19.4 Å². The maximum absolute atomic E-state index is 13.5. The largest absolute Gasteiger partial charge is 0.472 e. The average molecular weight is 1070 g/mol. The van der Waals surface area contributed by atoms with Crippen LogP contribution in [-0.2, 0) is 27.9 Å². The lowest BCUT2D eigenvalue weighted by molar-refractivity contribution is -0.870. The number of phosphoric acid groups is 1. The molecule has 1 amide bonds. The average Bonchev–Trinajstić information content (AvgIpc) is 3.37. The summed E-state index contributed by atoms with van der Waals surface area (Å²) in [5.74, 6) is -0.532. The third-order valence-electron chi connectivity index (χ3n) is 13.6. The summed E-state index contributed by atoms with van der Waals surface area (Å²) in [5.41, 5.74) is 0. The first kappa shape index (κ1) is 72.5. The lowest BCUT2D eigenvalue weighted by Gasteiger charge is -2.27. The molecule has 3 unspecified atom stereocenters. The summed E-state index contributed by atoms with van der Waals surface area (Å²) in [5, 5.41) is 3.04. The smallest absolute Gasteiger partial charge is 0.456 e. The van der Waals surface area contributed by atoms with Crippen LogP contribution in [0.15, 0.2) is 72.9 Å². The Balaban J connectivity index is 5.33. The van der Waals surface area contributed by atoms with Gasteiger partial charge in [-0.25, -0.2) is 4.57 Å². The number of carbonyl (C=O) groups excluding carboxylic acids is 2. The minimum Gasteiger partial charge on any atom is -0.456 e. The fraction of sp³-hybridized carbons (Fsp3) is 0.785. The van der Waals surface area contributed by atoms with Crippen LogP contribution in [0.3, 0.4) is 0 Å². The van der Waals surface area contributed by atoms with Crippen LogP contribution in [0.4, 0.5) is 0 Å². The molecule has 0 aliphatic carbocycles. The van der Waals surface area contributed by atoms with Crippen molar-refractivity contribution in [1.29, 1.82) is 0 Å². The van der Waals surface area contributed by atoms with Gasteiger partial charge in [0, 0.05) is 12.8 Å². The van der Waals surface area contributed by atoms with E-state index in [0.717, 1.165) is 89.9 Å². The second-order valence-electron chi connectivity index (χ2n) is 22.2. The van der Waals surface area contributed by atoms with Gasteiger partial charge in [-0.15, -0.1) is 0 Å². The van der Waals surface area contributed by atoms with Gasteiger partial charge in [-0.1, -0.05) is 235 Å². The molecule has 0 saturated carbocycles. The Morgan fingerprint density at radius 1 is 0.467 bits per heavy atom. The zero-order valence-corrected chi connectivity index (χ0v) is 50.7. The van der Waals surface area contributed by atoms with Crippen molar-refractivity contribution in [3.63, 3.8) is 0 Å². The van der Waals surface area contributed by atoms with Crippen LogP contribution in [0.5, 0.6) is 0 Å². The van der Waals surface area contributed by atoms with Crippen LogP contribution in [0.25, 0.3) is 0 Å². The molecule has 10 heteroatoms. The molecule has 0 aliphatic rings. The molecule has 75 heavy (non-hydrogen) atoms. The van der Waals surface area contributed by atoms with Crippen molar-refractivity contribution in [3.05, 3.63) is 72.9 Å². The summed E-state index contributed by atoms with van der Waals surface area (Å²) >= 11 is 0. The van der Waals surface area contributed by atoms with Crippen LogP contribution in [0, 0.1) is 0 Å². The Labute approximate surface area is 463 Å². The molecule has 0 aromatic rings. The molecule has 0 rings (SSSR count). The molecule has 436 valence electrons. The summed E-state index contributed by atoms with van der Waals surface area (Å²) in [4.78, 5) is 37.7. The van der Waals surface area contributed by atoms with E-state index in [1.54, 1.807) is 0 Å². The van der Waals surface area contributed by atoms with E-state index in [-0.39, 0.29) is 31.5 Å². The first-order valence-electron chi connectivity index (χ1n) is 31.3. The molecule has 0 heterocycles. The Hall–Kier alpha value is -2.55. The van der Waals surface area contributed by atoms with E-state index in [0.29, 0.717) is 17.4 Å². The Morgan fingerprint density at radius 2 is 0.813 bits per heavy atom. The Morgan fingerprint density at radius 3 is 1.24 bits per heavy atom. The number of allylic oxidation sites excluding steroid dienone is 11. The summed E-state index contributed by atoms with van der Waals surface area (Å²) < 4.78 is 30.7. The monoisotopic (exact) mass is 1070 g/mol. The number of unbranched alkanes of at least 4 members (excludes halogenated alkanes) is 30. The second kappa shape index (κ2) is 54.8. The second-order valence-corrected chi connectivity index (χ2v) is 23.7. The fourth-order valence-corrected chi connectivity index (χ4v) is 9.48. The first-order chi connectivity index (χ1) is 36.4. The van der Waals surface area contributed by atoms with Gasteiger partial charge in [-0.05, 0) is 102 Å². The minimum absolute atomic E-state index is 0.0329. The molecular formula is C65H120N2O7P+. The zero-order valence-electron chi connectivity index (χ0n) is 49.8. The number of ether oxygens (including phenoxy) is 1. The zero-order chi connectivity index (χ0) is 55.0. The van der Waals surface area contributed by atoms with E-state index in [2.05, 4.69) is 86.8 Å². The maximum Gasteiger partial charge on any atom is 0.472 e. The SMILES string of the molecule is CCCCC/C=C\C/C=C\C/C=C\CCCCCCC(=O)NC(COP(=O)(O)OCC[N+](C)(C)C)C(/C=C/CCCCCCCCCCCCC)OC(=O)CCCCCCCCCCC/C=C\C/C=C\CCCCC. The third-order valence-corrected chi connectivity index (χ3v) is 14.6. The first-order valence-corrected chi connectivity index (χ1v) is 32.8. The van der Waals surface area contributed by atoms with E-state index in [1.165, 1.54) is 154 Å². The quantitative estimate of drug-likeness (QED) is 0.0205. The number of nitrogens with zero attached hydrogens (tertiary/aromatic N) is 1. The minimum atomic E-state index is -4.46. The van der Waals surface area contributed by atoms with Gasteiger partial charge >= 0.3 is 13.8 Å². The van der Waals surface area contributed by atoms with Crippen LogP contribution >= 0.6 is 7.82 Å². The van der Waals surface area contributed by atoms with Gasteiger partial charge in [0.05, 0.1) is 33.8 Å². The molecular weight excluding hydrogens is 952 g/mol. The molecule has 0 saturated heterocycles. The van der Waals surface area contributed by atoms with E-state index < -0.39 is 20.0 Å². The van der Waals surface area contributed by atoms with Crippen molar-refractivity contribution >= 4 is 19.7 Å². The van der Waals surface area contributed by atoms with Gasteiger partial charge in [0.1, 0.15) is 19.3 Å². The van der Waals surface area contributed by atoms with Crippen LogP contribution in [-0.4, -0.2) is 74.3 Å². The molecule has 3 atom stereocenters. The lowest BCUT2D eigenvalue weighted by Crippen LogP contribution is -2.47. The number of carbonyl (C=O) groups is 2. The van der Waals surface area contributed by atoms with Crippen LogP contribution in [0.1, 0.15) is 278 Å². The Bertz CT molecular complexity index is 1510. The number of nitrogens with one attached hydrogen (secondary N) is 1. The summed E-state index contributed by atoms with van der Waals surface area (Å²) in [7, 11) is 1.47. The molecule has 0 aliphatic heterocycles. The summed E-state index contributed by atoms with van der Waals surface area (Å²) in [6, 6.07) is -0.864. The van der Waals surface area contributed by atoms with Crippen molar-refractivity contribution in [2.75, 3.05) is 40.9 Å². The number of amides is 1. The highest BCUT2D eigenvalue weighted by Gasteiger charge is 2.30. The van der Waals surface area contributed by atoms with E-state index in [1.807, 2.05) is 33.3 Å². The topological polar surface area (TPSA) is 111 Å². The molecule has 0 radical (unpaired) electrons. The fourth-order valence-electron chi connectivity index (χ4n) is 8.74. The predicted octanol–water partition coefficient (Wildman–Crippen LogP) is 19.2. The number of esters is 1. The molecule has 0 spiro atoms. The Kier molecular flexibility index (Phi) is 52.9. The van der Waals surface area contributed by atoms with Gasteiger partial charge in [0.2, 0.25) is 5.91 Å². The number of hydrogen-bond acceptors (Lipinski definition) is 6. The van der Waals surface area contributed by atoms with Gasteiger partial charge in [0.25, 0.3) is 0 Å². The van der Waals surface area contributed by atoms with E-state index >= 15 is 0 Å². The highest BCUT2D eigenvalue weighted by Crippen LogP contribution is 2.43. The predicted molar refractivity (Wildman–Crippen MR) is 323 cm³/mol. The molecule has 0 aromatic carbocycles. The summed E-state index contributed by atoms with van der Waals surface area (Å²) in [6.07, 6.45) is 70.3. The van der Waals surface area contributed by atoms with Gasteiger partial charge in [-0.3, -0.25) is 18.6 Å². The van der Waals surface area contributed by atoms with Crippen molar-refractivity contribution < 1.29 is 37.3 Å². The van der Waals surface area contributed by atoms with Crippen molar-refractivity contribution in [2.24, 2.45) is 0 Å². The van der Waals surface area contributed by atoms with Crippen molar-refractivity contribution in [2.45, 2.75) is 290 Å². The van der Waals surface area contributed by atoms with E-state index in [9.17, 15) is 19.0 Å².